The number of hydrogen-bond acceptors (Lipinski definition) is 4. The molecule has 6 heteroatoms. The molecule has 0 saturated carbocycles. The van der Waals surface area contributed by atoms with Crippen LogP contribution >= 0.6 is 0 Å². The van der Waals surface area contributed by atoms with Crippen LogP contribution in [0.4, 0.5) is 0 Å². The molecule has 0 saturated heterocycles. The van der Waals surface area contributed by atoms with Crippen molar-refractivity contribution in [3.63, 3.8) is 0 Å². The summed E-state index contributed by atoms with van der Waals surface area (Å²) in [5.41, 5.74) is 5.50. The van der Waals surface area contributed by atoms with Crippen molar-refractivity contribution in [3.8, 4) is 5.75 Å². The van der Waals surface area contributed by atoms with Gasteiger partial charge in [-0.15, -0.1) is 0 Å². The van der Waals surface area contributed by atoms with Crippen molar-refractivity contribution in [3.05, 3.63) is 36.5 Å². The molecule has 0 spiro atoms. The fraction of sp³-hybridized carbons (Fsp3) is 0.167. The second kappa shape index (κ2) is 7.65. The third kappa shape index (κ3) is 4.70. The second-order valence-corrected chi connectivity index (χ2v) is 3.48. The Morgan fingerprint density at radius 2 is 1.89 bits per heavy atom. The number of fused-ring (bicyclic) bond motifs is 1. The summed E-state index contributed by atoms with van der Waals surface area (Å²) >= 11 is 0. The van der Waals surface area contributed by atoms with Crippen LogP contribution in [0.3, 0.4) is 0 Å². The van der Waals surface area contributed by atoms with Gasteiger partial charge in [0.15, 0.2) is 0 Å². The summed E-state index contributed by atoms with van der Waals surface area (Å²) in [5.74, 6) is -0.724. The van der Waals surface area contributed by atoms with E-state index in [1.54, 1.807) is 18.3 Å². The summed E-state index contributed by atoms with van der Waals surface area (Å²) in [4.78, 5) is 13.6. The molecule has 2 rings (SSSR count). The number of nitrogens with zero attached hydrogens (tertiary/aromatic N) is 1. The number of para-hydroxylation sites is 1. The number of phenols is 1. The van der Waals surface area contributed by atoms with Crippen LogP contribution in [-0.4, -0.2) is 27.2 Å². The number of hydrogen-bond donors (Lipinski definition) is 3. The monoisotopic (exact) mass is 293 g/mol. The Balaban J connectivity index is 0.000000362. The zero-order chi connectivity index (χ0) is 12.8. The number of carboxylic acids is 1. The third-order valence-corrected chi connectivity index (χ3v) is 2.00. The molecule has 0 fully saturated rings. The van der Waals surface area contributed by atoms with E-state index in [-0.39, 0.29) is 22.5 Å². The van der Waals surface area contributed by atoms with Crippen molar-refractivity contribution in [2.24, 2.45) is 5.73 Å². The maximum absolute atomic E-state index is 9.57. The van der Waals surface area contributed by atoms with Gasteiger partial charge in [0.2, 0.25) is 0 Å². The molecule has 2 aromatic rings. The molecule has 0 bridgehead atoms. The number of carbonyl (C=O) groups is 1. The number of nitrogens with two attached hydrogens (primary N) is 1. The number of aromatic nitrogens is 1. The van der Waals surface area contributed by atoms with Crippen molar-refractivity contribution in [2.45, 2.75) is 13.0 Å². The fourth-order valence-electron chi connectivity index (χ4n) is 1.09. The molecular formula is C12H14CoN2O3. The summed E-state index contributed by atoms with van der Waals surface area (Å²) in [6.45, 7) is 1.42. The van der Waals surface area contributed by atoms with Gasteiger partial charge in [0, 0.05) is 28.4 Å². The van der Waals surface area contributed by atoms with Crippen LogP contribution in [0.1, 0.15) is 6.92 Å². The molecule has 0 aliphatic carbocycles. The minimum Gasteiger partial charge on any atom is -0.506 e. The van der Waals surface area contributed by atoms with E-state index < -0.39 is 12.0 Å². The van der Waals surface area contributed by atoms with Gasteiger partial charge >= 0.3 is 5.97 Å². The van der Waals surface area contributed by atoms with E-state index in [1.807, 2.05) is 18.2 Å². The van der Waals surface area contributed by atoms with Gasteiger partial charge in [-0.3, -0.25) is 9.78 Å². The molecule has 0 unspecified atom stereocenters. The normalized spacial score (nSPS) is 10.8. The first kappa shape index (κ1) is 16.4. The number of aromatic hydroxyl groups is 1. The summed E-state index contributed by atoms with van der Waals surface area (Å²) < 4.78 is 0. The smallest absolute Gasteiger partial charge is 0.320 e. The molecule has 4 N–H and O–H groups in total. The Bertz CT molecular complexity index is 512. The molecule has 0 aliphatic rings. The van der Waals surface area contributed by atoms with Gasteiger partial charge in [-0.05, 0) is 19.1 Å². The Morgan fingerprint density at radius 3 is 2.39 bits per heavy atom. The van der Waals surface area contributed by atoms with Gasteiger partial charge < -0.3 is 15.9 Å². The minimum absolute atomic E-state index is 0. The molecule has 1 atom stereocenters. The number of benzene rings is 1. The van der Waals surface area contributed by atoms with Crippen LogP contribution in [0.15, 0.2) is 36.5 Å². The average molecular weight is 293 g/mol. The first-order chi connectivity index (χ1) is 8.02. The van der Waals surface area contributed by atoms with Crippen molar-refractivity contribution in [2.75, 3.05) is 0 Å². The predicted molar refractivity (Wildman–Crippen MR) is 64.7 cm³/mol. The number of phenolic OH excluding ortho intramolecular Hbond substituents is 1. The second-order valence-electron chi connectivity index (χ2n) is 3.48. The molecule has 1 aromatic heterocycles. The van der Waals surface area contributed by atoms with E-state index in [4.69, 9.17) is 10.8 Å². The SMILES string of the molecule is C[C@H](N)C(=O)O.Oc1cccc2cccnc12.[Co]. The molecule has 0 amide bonds. The van der Waals surface area contributed by atoms with E-state index in [9.17, 15) is 9.90 Å². The molecular weight excluding hydrogens is 279 g/mol. The predicted octanol–water partition coefficient (Wildman–Crippen LogP) is 1.36. The van der Waals surface area contributed by atoms with Gasteiger partial charge in [-0.25, -0.2) is 0 Å². The average Bonchev–Trinajstić information content (AvgIpc) is 2.30. The maximum atomic E-state index is 9.57. The zero-order valence-electron chi connectivity index (χ0n) is 9.70. The largest absolute Gasteiger partial charge is 0.506 e. The summed E-state index contributed by atoms with van der Waals surface area (Å²) in [5, 5.41) is 18.1. The summed E-state index contributed by atoms with van der Waals surface area (Å²) in [6.07, 6.45) is 1.67. The molecule has 99 valence electrons. The number of carboxylic acid groups (broad SMARTS) is 1. The van der Waals surface area contributed by atoms with Gasteiger partial charge in [0.05, 0.1) is 0 Å². The molecule has 0 aliphatic heterocycles. The first-order valence-corrected chi connectivity index (χ1v) is 5.03. The summed E-state index contributed by atoms with van der Waals surface area (Å²) in [7, 11) is 0. The first-order valence-electron chi connectivity index (χ1n) is 5.03. The Morgan fingerprint density at radius 1 is 1.33 bits per heavy atom. The minimum atomic E-state index is -0.963. The third-order valence-electron chi connectivity index (χ3n) is 2.00. The van der Waals surface area contributed by atoms with Crippen molar-refractivity contribution in [1.82, 2.24) is 4.98 Å². The molecule has 5 nitrogen and oxygen atoms in total. The van der Waals surface area contributed by atoms with Crippen molar-refractivity contribution >= 4 is 16.9 Å². The summed E-state index contributed by atoms with van der Waals surface area (Å²) in [6, 6.07) is 8.39. The van der Waals surface area contributed by atoms with Crippen molar-refractivity contribution in [1.29, 1.82) is 0 Å². The molecule has 1 radical (unpaired) electrons. The van der Waals surface area contributed by atoms with Crippen LogP contribution in [0.25, 0.3) is 10.9 Å². The van der Waals surface area contributed by atoms with Crippen molar-refractivity contribution < 1.29 is 31.8 Å². The van der Waals surface area contributed by atoms with E-state index in [0.717, 1.165) is 5.39 Å². The standard InChI is InChI=1S/C9H7NO.C3H7NO2.Co/c11-8-5-1-3-7-4-2-6-10-9(7)8;1-2(4)3(5)6;/h1-6,11H;2H,4H2,1H3,(H,5,6);/t;2-;/m.0./s1. The molecule has 1 heterocycles. The Kier molecular flexibility index (Phi) is 6.95. The topological polar surface area (TPSA) is 96.4 Å². The van der Waals surface area contributed by atoms with Crippen LogP contribution in [0.2, 0.25) is 0 Å². The van der Waals surface area contributed by atoms with Gasteiger partial charge in [0.25, 0.3) is 0 Å². The number of rotatable bonds is 1. The van der Waals surface area contributed by atoms with E-state index in [1.165, 1.54) is 6.92 Å². The van der Waals surface area contributed by atoms with Gasteiger partial charge in [-0.1, -0.05) is 18.2 Å². The zero-order valence-corrected chi connectivity index (χ0v) is 10.7. The Hall–Kier alpha value is -1.63. The van der Waals surface area contributed by atoms with Crippen LogP contribution < -0.4 is 5.73 Å². The van der Waals surface area contributed by atoms with E-state index >= 15 is 0 Å². The Labute approximate surface area is 115 Å². The van der Waals surface area contributed by atoms with E-state index in [2.05, 4.69) is 4.98 Å². The molecule has 1 aromatic carbocycles. The number of pyridine rings is 1. The van der Waals surface area contributed by atoms with Crippen LogP contribution in [0, 0.1) is 0 Å². The maximum Gasteiger partial charge on any atom is 0.320 e. The van der Waals surface area contributed by atoms with Crippen LogP contribution in [-0.2, 0) is 21.6 Å². The molecule has 18 heavy (non-hydrogen) atoms. The van der Waals surface area contributed by atoms with Crippen LogP contribution in [0.5, 0.6) is 5.75 Å². The van der Waals surface area contributed by atoms with Gasteiger partial charge in [-0.2, -0.15) is 0 Å². The number of aliphatic carboxylic acids is 1. The van der Waals surface area contributed by atoms with E-state index in [0.29, 0.717) is 5.52 Å². The quantitative estimate of drug-likeness (QED) is 0.737. The van der Waals surface area contributed by atoms with Gasteiger partial charge in [0.1, 0.15) is 17.3 Å². The fourth-order valence-corrected chi connectivity index (χ4v) is 1.09.